The predicted molar refractivity (Wildman–Crippen MR) is 66.8 cm³/mol. The van der Waals surface area contributed by atoms with Gasteiger partial charge in [-0.15, -0.1) is 0 Å². The molecule has 1 saturated heterocycles. The summed E-state index contributed by atoms with van der Waals surface area (Å²) in [5, 5.41) is 8.77. The highest BCUT2D eigenvalue weighted by molar-refractivity contribution is 5.87. The maximum atomic E-state index is 11.9. The fourth-order valence-corrected chi connectivity index (χ4v) is 1.80. The normalized spacial score (nSPS) is 17.3. The van der Waals surface area contributed by atoms with Crippen LogP contribution in [0.3, 0.4) is 0 Å². The molecule has 1 aliphatic heterocycles. The van der Waals surface area contributed by atoms with E-state index in [1.807, 2.05) is 0 Å². The molecule has 1 aliphatic rings. The second-order valence-electron chi connectivity index (χ2n) is 5.39. The first-order valence-corrected chi connectivity index (χ1v) is 6.18. The van der Waals surface area contributed by atoms with Crippen LogP contribution in [0, 0.1) is 29.1 Å². The lowest BCUT2D eigenvalue weighted by atomic mass is 9.86. The molecule has 0 aliphatic carbocycles. The Hall–Kier alpha value is -1.57. The van der Waals surface area contributed by atoms with Gasteiger partial charge in [-0.25, -0.2) is 0 Å². The average Bonchev–Trinajstić information content (AvgIpc) is 2.36. The topological polar surface area (TPSA) is 87.2 Å². The van der Waals surface area contributed by atoms with Gasteiger partial charge in [0.05, 0.1) is 12.5 Å². The van der Waals surface area contributed by atoms with Gasteiger partial charge in [0.1, 0.15) is 0 Å². The van der Waals surface area contributed by atoms with E-state index in [9.17, 15) is 9.59 Å². The van der Waals surface area contributed by atoms with E-state index in [4.69, 9.17) is 11.0 Å². The number of rotatable bonds is 4. The predicted octanol–water partition coefficient (Wildman–Crippen LogP) is 0.854. The number of nitrogens with two attached hydrogens (primary N) is 1. The number of hydrogen-bond acceptors (Lipinski definition) is 3. The van der Waals surface area contributed by atoms with Crippen LogP contribution in [0.4, 0.5) is 0 Å². The Morgan fingerprint density at radius 1 is 1.44 bits per heavy atom. The first-order chi connectivity index (χ1) is 8.36. The van der Waals surface area contributed by atoms with Crippen LogP contribution in [0.15, 0.2) is 0 Å². The lowest BCUT2D eigenvalue weighted by Gasteiger charge is -2.30. The van der Waals surface area contributed by atoms with Crippen LogP contribution in [0.5, 0.6) is 0 Å². The molecule has 99 valence electrons. The Balaban J connectivity index is 2.39. The number of nitriles is 1. The maximum absolute atomic E-state index is 11.9. The molecule has 1 rings (SSSR count). The van der Waals surface area contributed by atoms with Crippen molar-refractivity contribution < 1.29 is 9.59 Å². The van der Waals surface area contributed by atoms with Crippen molar-refractivity contribution in [3.05, 3.63) is 6.42 Å². The van der Waals surface area contributed by atoms with E-state index in [-0.39, 0.29) is 11.8 Å². The van der Waals surface area contributed by atoms with Crippen LogP contribution in [0.25, 0.3) is 0 Å². The van der Waals surface area contributed by atoms with E-state index >= 15 is 0 Å². The Morgan fingerprint density at radius 2 is 2.00 bits per heavy atom. The van der Waals surface area contributed by atoms with Gasteiger partial charge in [0.15, 0.2) is 0 Å². The standard InChI is InChI=1S/C13H20N3O2/c1-13(2,12(15)18)6-3-11(17)16-7-4-10(9-14)5-8-16/h3,10H,4-8H2,1-2H3,(H2,15,18). The van der Waals surface area contributed by atoms with Crippen molar-refractivity contribution in [1.29, 1.82) is 5.26 Å². The molecular formula is C13H20N3O2. The number of piperidine rings is 1. The van der Waals surface area contributed by atoms with Crippen molar-refractivity contribution in [3.8, 4) is 6.07 Å². The molecule has 1 radical (unpaired) electrons. The second kappa shape index (κ2) is 5.85. The molecule has 0 unspecified atom stereocenters. The van der Waals surface area contributed by atoms with E-state index in [1.165, 1.54) is 6.42 Å². The minimum absolute atomic E-state index is 0.0658. The second-order valence-corrected chi connectivity index (χ2v) is 5.39. The molecule has 5 heteroatoms. The Bertz CT molecular complexity index is 363. The first kappa shape index (κ1) is 14.5. The molecule has 0 atom stereocenters. The summed E-state index contributed by atoms with van der Waals surface area (Å²) < 4.78 is 0. The van der Waals surface area contributed by atoms with Gasteiger partial charge < -0.3 is 10.6 Å². The highest BCUT2D eigenvalue weighted by atomic mass is 16.2. The zero-order chi connectivity index (χ0) is 13.8. The molecule has 2 N–H and O–H groups in total. The third kappa shape index (κ3) is 3.73. The monoisotopic (exact) mass is 250 g/mol. The van der Waals surface area contributed by atoms with Crippen LogP contribution in [0.1, 0.15) is 33.1 Å². The smallest absolute Gasteiger partial charge is 0.226 e. The van der Waals surface area contributed by atoms with Gasteiger partial charge in [-0.2, -0.15) is 5.26 Å². The molecule has 0 aromatic rings. The Labute approximate surface area is 108 Å². The molecule has 5 nitrogen and oxygen atoms in total. The summed E-state index contributed by atoms with van der Waals surface area (Å²) in [6.45, 7) is 4.68. The number of nitrogens with zero attached hydrogens (tertiary/aromatic N) is 2. The summed E-state index contributed by atoms with van der Waals surface area (Å²) in [6.07, 6.45) is 3.33. The number of hydrogen-bond donors (Lipinski definition) is 1. The van der Waals surface area contributed by atoms with Gasteiger partial charge in [-0.05, 0) is 19.3 Å². The van der Waals surface area contributed by atoms with Crippen LogP contribution < -0.4 is 5.73 Å². The molecule has 0 aromatic heterocycles. The summed E-state index contributed by atoms with van der Waals surface area (Å²) in [6, 6.07) is 2.23. The largest absolute Gasteiger partial charge is 0.369 e. The molecular weight excluding hydrogens is 230 g/mol. The van der Waals surface area contributed by atoms with Crippen LogP contribution in [0.2, 0.25) is 0 Å². The van der Waals surface area contributed by atoms with Crippen LogP contribution in [-0.4, -0.2) is 29.8 Å². The molecule has 18 heavy (non-hydrogen) atoms. The minimum atomic E-state index is -0.694. The number of amides is 2. The SMILES string of the molecule is CC(C)(C[CH]C(=O)N1CCC(C#N)CC1)C(N)=O. The Kier molecular flexibility index (Phi) is 4.71. The van der Waals surface area contributed by atoms with Crippen molar-refractivity contribution in [1.82, 2.24) is 4.90 Å². The highest BCUT2D eigenvalue weighted by Gasteiger charge is 2.28. The molecule has 0 saturated carbocycles. The summed E-state index contributed by atoms with van der Waals surface area (Å²) in [7, 11) is 0. The van der Waals surface area contributed by atoms with Gasteiger partial charge in [-0.1, -0.05) is 13.8 Å². The van der Waals surface area contributed by atoms with Gasteiger partial charge in [0.25, 0.3) is 0 Å². The quantitative estimate of drug-likeness (QED) is 0.802. The third-order valence-corrected chi connectivity index (χ3v) is 3.44. The van der Waals surface area contributed by atoms with E-state index in [1.54, 1.807) is 18.7 Å². The average molecular weight is 250 g/mol. The van der Waals surface area contributed by atoms with E-state index in [0.29, 0.717) is 19.5 Å². The van der Waals surface area contributed by atoms with Crippen LogP contribution >= 0.6 is 0 Å². The summed E-state index contributed by atoms with van der Waals surface area (Å²) >= 11 is 0. The van der Waals surface area contributed by atoms with Gasteiger partial charge in [0, 0.05) is 24.4 Å². The van der Waals surface area contributed by atoms with E-state index in [2.05, 4.69) is 6.07 Å². The van der Waals surface area contributed by atoms with Crippen molar-refractivity contribution in [2.24, 2.45) is 17.1 Å². The van der Waals surface area contributed by atoms with E-state index in [0.717, 1.165) is 12.8 Å². The summed E-state index contributed by atoms with van der Waals surface area (Å²) in [5.41, 5.74) is 4.56. The fourth-order valence-electron chi connectivity index (χ4n) is 1.80. The summed E-state index contributed by atoms with van der Waals surface area (Å²) in [5.74, 6) is -0.411. The summed E-state index contributed by atoms with van der Waals surface area (Å²) in [4.78, 5) is 24.8. The number of carbonyl (C=O) groups excluding carboxylic acids is 2. The lowest BCUT2D eigenvalue weighted by molar-refractivity contribution is -0.130. The van der Waals surface area contributed by atoms with Gasteiger partial charge in [-0.3, -0.25) is 9.59 Å². The minimum Gasteiger partial charge on any atom is -0.369 e. The molecule has 0 aromatic carbocycles. The fraction of sp³-hybridized carbons (Fsp3) is 0.692. The molecule has 0 bridgehead atoms. The molecule has 1 fully saturated rings. The van der Waals surface area contributed by atoms with E-state index < -0.39 is 11.3 Å². The van der Waals surface area contributed by atoms with Crippen molar-refractivity contribution in [2.45, 2.75) is 33.1 Å². The zero-order valence-electron chi connectivity index (χ0n) is 11.0. The van der Waals surface area contributed by atoms with Gasteiger partial charge >= 0.3 is 0 Å². The van der Waals surface area contributed by atoms with Crippen LogP contribution in [-0.2, 0) is 9.59 Å². The molecule has 0 spiro atoms. The Morgan fingerprint density at radius 3 is 2.44 bits per heavy atom. The third-order valence-electron chi connectivity index (χ3n) is 3.44. The lowest BCUT2D eigenvalue weighted by Crippen LogP contribution is -2.40. The molecule has 2 amide bonds. The number of primary amides is 1. The highest BCUT2D eigenvalue weighted by Crippen LogP contribution is 2.23. The van der Waals surface area contributed by atoms with Crippen molar-refractivity contribution in [3.63, 3.8) is 0 Å². The van der Waals surface area contributed by atoms with Gasteiger partial charge in [0.2, 0.25) is 11.8 Å². The maximum Gasteiger partial charge on any atom is 0.226 e. The number of carbonyl (C=O) groups is 2. The molecule has 1 heterocycles. The zero-order valence-corrected chi connectivity index (χ0v) is 11.0. The van der Waals surface area contributed by atoms with Crippen molar-refractivity contribution in [2.75, 3.05) is 13.1 Å². The number of likely N-dealkylation sites (tertiary alicyclic amines) is 1. The van der Waals surface area contributed by atoms with Crippen molar-refractivity contribution >= 4 is 11.8 Å². The first-order valence-electron chi connectivity index (χ1n) is 6.18.